The first-order valence-electron chi connectivity index (χ1n) is 8.37. The molecule has 0 saturated carbocycles. The molecule has 0 aliphatic heterocycles. The van der Waals surface area contributed by atoms with Crippen LogP contribution in [-0.2, 0) is 16.6 Å². The highest BCUT2D eigenvalue weighted by Gasteiger charge is 2.47. The largest absolute Gasteiger partial charge is 0.506 e. The number of carbonyl (C=O) groups is 3. The van der Waals surface area contributed by atoms with Gasteiger partial charge in [-0.1, -0.05) is 18.5 Å². The minimum absolute atomic E-state index is 0.00126. The van der Waals surface area contributed by atoms with Gasteiger partial charge in [-0.25, -0.2) is 0 Å². The van der Waals surface area contributed by atoms with Gasteiger partial charge in [0.1, 0.15) is 10.8 Å². The Bertz CT molecular complexity index is 1100. The molecule has 2 aromatic rings. The number of benzene rings is 1. The Morgan fingerprint density at radius 3 is 2.62 bits per heavy atom. The van der Waals surface area contributed by atoms with Crippen molar-refractivity contribution >= 4 is 34.7 Å². The lowest BCUT2D eigenvalue weighted by atomic mass is 9.62. The number of hydrogen-bond acceptors (Lipinski definition) is 5. The summed E-state index contributed by atoms with van der Waals surface area (Å²) in [4.78, 5) is 37.3. The quantitative estimate of drug-likeness (QED) is 0.717. The van der Waals surface area contributed by atoms with Crippen LogP contribution in [0.4, 0.5) is 0 Å². The molecule has 3 aliphatic carbocycles. The molecule has 130 valence electrons. The van der Waals surface area contributed by atoms with E-state index >= 15 is 0 Å². The number of aryl methyl sites for hydroxylation is 1. The highest BCUT2D eigenvalue weighted by atomic mass is 35.5. The number of furan rings is 1. The number of aliphatic hydroxyl groups is 1. The maximum Gasteiger partial charge on any atom is 0.248 e. The molecule has 0 radical (unpaired) electrons. The fourth-order valence-electron chi connectivity index (χ4n) is 4.57. The van der Waals surface area contributed by atoms with Crippen LogP contribution in [0.5, 0.6) is 0 Å². The Morgan fingerprint density at radius 2 is 1.85 bits per heavy atom. The second-order valence-electron chi connectivity index (χ2n) is 7.24. The van der Waals surface area contributed by atoms with E-state index < -0.39 is 27.8 Å². The topological polar surface area (TPSA) is 84.6 Å². The van der Waals surface area contributed by atoms with Gasteiger partial charge < -0.3 is 9.52 Å². The average Bonchev–Trinajstić information content (AvgIpc) is 3.08. The third kappa shape index (κ3) is 1.64. The summed E-state index contributed by atoms with van der Waals surface area (Å²) in [5, 5.41) is 9.84. The van der Waals surface area contributed by atoms with Gasteiger partial charge in [0, 0.05) is 27.7 Å². The smallest absolute Gasteiger partial charge is 0.248 e. The van der Waals surface area contributed by atoms with Crippen LogP contribution in [0.2, 0.25) is 0 Å². The zero-order valence-electron chi connectivity index (χ0n) is 13.8. The molecule has 0 bridgehead atoms. The van der Waals surface area contributed by atoms with E-state index in [0.29, 0.717) is 11.3 Å². The highest BCUT2D eigenvalue weighted by Crippen LogP contribution is 2.51. The number of carbonyl (C=O) groups excluding carboxylic acids is 3. The maximum absolute atomic E-state index is 13.0. The maximum atomic E-state index is 13.0. The Balaban J connectivity index is 1.86. The van der Waals surface area contributed by atoms with Crippen LogP contribution in [0.3, 0.4) is 0 Å². The highest BCUT2D eigenvalue weighted by molar-refractivity contribution is 6.64. The SMILES string of the molecule is C[C@@]12CCCc3coc(c31)C(=O)c1cc3c(cc12)C(O)=C(Cl)C(=O)C3=O. The molecule has 5 rings (SSSR count). The van der Waals surface area contributed by atoms with Gasteiger partial charge in [0.05, 0.1) is 6.26 Å². The number of aliphatic hydroxyl groups excluding tert-OH is 1. The molecule has 0 saturated heterocycles. The van der Waals surface area contributed by atoms with Crippen molar-refractivity contribution in [2.45, 2.75) is 31.6 Å². The summed E-state index contributed by atoms with van der Waals surface area (Å²) in [7, 11) is 0. The van der Waals surface area contributed by atoms with Crippen molar-refractivity contribution < 1.29 is 23.9 Å². The Labute approximate surface area is 153 Å². The molecule has 0 unspecified atom stereocenters. The first-order valence-corrected chi connectivity index (χ1v) is 8.74. The Morgan fingerprint density at radius 1 is 1.08 bits per heavy atom. The normalized spacial score (nSPS) is 23.7. The Hall–Kier alpha value is -2.66. The molecule has 5 nitrogen and oxygen atoms in total. The van der Waals surface area contributed by atoms with Gasteiger partial charge in [-0.2, -0.15) is 0 Å². The van der Waals surface area contributed by atoms with Crippen LogP contribution >= 0.6 is 11.6 Å². The molecule has 0 fully saturated rings. The van der Waals surface area contributed by atoms with Gasteiger partial charge in [-0.3, -0.25) is 14.4 Å². The third-order valence-electron chi connectivity index (χ3n) is 5.86. The summed E-state index contributed by atoms with van der Waals surface area (Å²) in [5.41, 5.74) is 2.74. The van der Waals surface area contributed by atoms with E-state index in [-0.39, 0.29) is 16.9 Å². The van der Waals surface area contributed by atoms with Crippen molar-refractivity contribution in [1.82, 2.24) is 0 Å². The summed E-state index contributed by atoms with van der Waals surface area (Å²) in [6.45, 7) is 2.04. The number of rotatable bonds is 0. The lowest BCUT2D eigenvalue weighted by Gasteiger charge is -2.39. The Kier molecular flexibility index (Phi) is 2.84. The van der Waals surface area contributed by atoms with Crippen molar-refractivity contribution in [2.24, 2.45) is 0 Å². The van der Waals surface area contributed by atoms with E-state index in [1.165, 1.54) is 6.07 Å². The van der Waals surface area contributed by atoms with E-state index in [1.54, 1.807) is 12.3 Å². The van der Waals surface area contributed by atoms with Crippen molar-refractivity contribution in [3.05, 3.63) is 62.6 Å². The van der Waals surface area contributed by atoms with Gasteiger partial charge in [-0.05, 0) is 42.5 Å². The van der Waals surface area contributed by atoms with Crippen molar-refractivity contribution in [3.63, 3.8) is 0 Å². The predicted octanol–water partition coefficient (Wildman–Crippen LogP) is 3.70. The van der Waals surface area contributed by atoms with E-state index in [4.69, 9.17) is 16.0 Å². The lowest BCUT2D eigenvalue weighted by Crippen LogP contribution is -2.36. The van der Waals surface area contributed by atoms with E-state index in [1.807, 2.05) is 6.92 Å². The van der Waals surface area contributed by atoms with Gasteiger partial charge in [0.2, 0.25) is 17.3 Å². The number of hydrogen-bond donors (Lipinski definition) is 1. The summed E-state index contributed by atoms with van der Waals surface area (Å²) in [5.74, 6) is -2.20. The van der Waals surface area contributed by atoms with Crippen LogP contribution in [0.25, 0.3) is 5.76 Å². The number of fused-ring (bicyclic) bond motifs is 3. The van der Waals surface area contributed by atoms with Gasteiger partial charge in [-0.15, -0.1) is 0 Å². The summed E-state index contributed by atoms with van der Waals surface area (Å²) in [6.07, 6.45) is 4.24. The van der Waals surface area contributed by atoms with E-state index in [9.17, 15) is 19.5 Å². The minimum atomic E-state index is -0.968. The van der Waals surface area contributed by atoms with Gasteiger partial charge in [0.25, 0.3) is 0 Å². The molecule has 26 heavy (non-hydrogen) atoms. The van der Waals surface area contributed by atoms with Crippen molar-refractivity contribution in [2.75, 3.05) is 0 Å². The molecular formula is C20H13ClO5. The second kappa shape index (κ2) is 4.74. The molecule has 6 heteroatoms. The van der Waals surface area contributed by atoms with Crippen LogP contribution in [0.15, 0.2) is 27.8 Å². The fourth-order valence-corrected chi connectivity index (χ4v) is 4.76. The van der Waals surface area contributed by atoms with Gasteiger partial charge in [0.15, 0.2) is 5.76 Å². The molecule has 0 spiro atoms. The zero-order valence-corrected chi connectivity index (χ0v) is 14.6. The first kappa shape index (κ1) is 15.6. The number of halogens is 1. The monoisotopic (exact) mass is 368 g/mol. The number of ketones is 3. The van der Waals surface area contributed by atoms with Gasteiger partial charge >= 0.3 is 0 Å². The average molecular weight is 369 g/mol. The molecule has 0 amide bonds. The minimum Gasteiger partial charge on any atom is -0.506 e. The predicted molar refractivity (Wildman–Crippen MR) is 92.7 cm³/mol. The van der Waals surface area contributed by atoms with Crippen molar-refractivity contribution in [3.8, 4) is 0 Å². The summed E-state index contributed by atoms with van der Waals surface area (Å²) < 4.78 is 5.57. The molecule has 1 heterocycles. The summed E-state index contributed by atoms with van der Waals surface area (Å²) in [6, 6.07) is 3.04. The third-order valence-corrected chi connectivity index (χ3v) is 6.21. The zero-order chi connectivity index (χ0) is 18.4. The van der Waals surface area contributed by atoms with E-state index in [0.717, 1.165) is 36.0 Å². The molecule has 1 aromatic heterocycles. The lowest BCUT2D eigenvalue weighted by molar-refractivity contribution is -0.111. The number of allylic oxidation sites excluding steroid dienone is 1. The molecule has 1 atom stereocenters. The molecule has 1 N–H and O–H groups in total. The molecular weight excluding hydrogens is 356 g/mol. The first-order chi connectivity index (χ1) is 12.3. The van der Waals surface area contributed by atoms with E-state index in [2.05, 4.69) is 0 Å². The number of Topliss-reactive ketones (excluding diaryl/α,β-unsaturated/α-hetero) is 2. The van der Waals surface area contributed by atoms with Crippen LogP contribution in [-0.4, -0.2) is 22.5 Å². The molecule has 3 aliphatic rings. The van der Waals surface area contributed by atoms with Crippen LogP contribution < -0.4 is 0 Å². The fraction of sp³-hybridized carbons (Fsp3) is 0.250. The standard InChI is InChI=1S/C20H13ClO5/c1-20-4-2-3-8-7-26-19(13(8)20)17(24)11-5-9-10(6-12(11)20)15(22)14(21)18(25)16(9)23/h5-7,22H,2-4H2,1H3/t20-/m0/s1. The van der Waals surface area contributed by atoms with Crippen LogP contribution in [0.1, 0.15) is 68.5 Å². The summed E-state index contributed by atoms with van der Waals surface area (Å²) >= 11 is 5.83. The second-order valence-corrected chi connectivity index (χ2v) is 7.62. The van der Waals surface area contributed by atoms with Crippen molar-refractivity contribution in [1.29, 1.82) is 0 Å². The van der Waals surface area contributed by atoms with Crippen LogP contribution in [0, 0.1) is 0 Å². The molecule has 1 aromatic carbocycles.